The van der Waals surface area contributed by atoms with E-state index in [0.717, 1.165) is 17.0 Å². The van der Waals surface area contributed by atoms with Crippen molar-refractivity contribution in [3.8, 4) is 11.3 Å². The maximum atomic E-state index is 13.0. The summed E-state index contributed by atoms with van der Waals surface area (Å²) in [5.41, 5.74) is 0.238. The molecule has 1 amide bonds. The first-order chi connectivity index (χ1) is 13.3. The molecule has 142 valence electrons. The Balaban J connectivity index is 1.70. The molecule has 0 atom stereocenters. The lowest BCUT2D eigenvalue weighted by atomic mass is 10.1. The molecule has 0 saturated carbocycles. The van der Waals surface area contributed by atoms with Gasteiger partial charge in [-0.25, -0.2) is 9.97 Å². The smallest absolute Gasteiger partial charge is 0.304 e. The highest BCUT2D eigenvalue weighted by Gasteiger charge is 2.30. The summed E-state index contributed by atoms with van der Waals surface area (Å²) < 4.78 is 40.3. The Kier molecular flexibility index (Phi) is 4.34. The molecule has 3 heterocycles. The van der Waals surface area contributed by atoms with Crippen LogP contribution in [0.4, 0.5) is 19.0 Å². The van der Waals surface area contributed by atoms with Gasteiger partial charge in [0.25, 0.3) is 5.91 Å². The predicted molar refractivity (Wildman–Crippen MR) is 98.2 cm³/mol. The topological polar surface area (TPSA) is 72.2 Å². The van der Waals surface area contributed by atoms with Gasteiger partial charge in [-0.15, -0.1) is 11.3 Å². The normalized spacial score (nSPS) is 11.7. The first-order valence-electron chi connectivity index (χ1n) is 8.07. The highest BCUT2D eigenvalue weighted by molar-refractivity contribution is 7.13. The van der Waals surface area contributed by atoms with Crippen molar-refractivity contribution in [3.05, 3.63) is 64.2 Å². The van der Waals surface area contributed by atoms with Crippen molar-refractivity contribution in [1.82, 2.24) is 19.6 Å². The minimum Gasteiger partial charge on any atom is -0.304 e. The van der Waals surface area contributed by atoms with Crippen LogP contribution in [0.25, 0.3) is 16.9 Å². The summed E-state index contributed by atoms with van der Waals surface area (Å²) in [6, 6.07) is 7.99. The molecule has 0 aliphatic carbocycles. The van der Waals surface area contributed by atoms with Crippen LogP contribution < -0.4 is 5.32 Å². The van der Waals surface area contributed by atoms with Gasteiger partial charge in [-0.1, -0.05) is 12.1 Å². The number of halogens is 3. The van der Waals surface area contributed by atoms with Crippen LogP contribution in [0.5, 0.6) is 0 Å². The number of alkyl halides is 3. The Labute approximate surface area is 160 Å². The molecule has 28 heavy (non-hydrogen) atoms. The van der Waals surface area contributed by atoms with E-state index in [1.54, 1.807) is 18.3 Å². The van der Waals surface area contributed by atoms with E-state index in [0.29, 0.717) is 27.7 Å². The maximum absolute atomic E-state index is 13.0. The summed E-state index contributed by atoms with van der Waals surface area (Å²) in [5, 5.41) is 7.32. The molecule has 1 aromatic carbocycles. The fourth-order valence-corrected chi connectivity index (χ4v) is 3.27. The van der Waals surface area contributed by atoms with E-state index < -0.39 is 17.6 Å². The number of fused-ring (bicyclic) bond motifs is 1. The maximum Gasteiger partial charge on any atom is 0.416 e. The number of carbonyl (C=O) groups is 1. The number of amides is 1. The van der Waals surface area contributed by atoms with Crippen LogP contribution in [-0.4, -0.2) is 25.5 Å². The van der Waals surface area contributed by atoms with Crippen molar-refractivity contribution >= 4 is 28.7 Å². The number of thiazole rings is 1. The van der Waals surface area contributed by atoms with Gasteiger partial charge in [-0.05, 0) is 25.1 Å². The molecule has 3 aromatic heterocycles. The van der Waals surface area contributed by atoms with Gasteiger partial charge in [-0.2, -0.15) is 22.8 Å². The van der Waals surface area contributed by atoms with Gasteiger partial charge in [0, 0.05) is 28.9 Å². The van der Waals surface area contributed by atoms with Crippen molar-refractivity contribution in [3.63, 3.8) is 0 Å². The molecule has 0 spiro atoms. The molecule has 0 aliphatic rings. The predicted octanol–water partition coefficient (Wildman–Crippen LogP) is 4.43. The number of hydrogen-bond acceptors (Lipinski definition) is 5. The fourth-order valence-electron chi connectivity index (χ4n) is 2.62. The van der Waals surface area contributed by atoms with Gasteiger partial charge in [0.15, 0.2) is 10.7 Å². The Morgan fingerprint density at radius 3 is 2.71 bits per heavy atom. The first kappa shape index (κ1) is 18.1. The van der Waals surface area contributed by atoms with Crippen molar-refractivity contribution in [2.24, 2.45) is 0 Å². The Hall–Kier alpha value is -3.27. The summed E-state index contributed by atoms with van der Waals surface area (Å²) in [7, 11) is 0. The van der Waals surface area contributed by atoms with Crippen LogP contribution in [0.1, 0.15) is 20.2 Å². The molecule has 0 saturated heterocycles. The summed E-state index contributed by atoms with van der Waals surface area (Å²) in [4.78, 5) is 21.4. The van der Waals surface area contributed by atoms with Crippen molar-refractivity contribution in [2.45, 2.75) is 13.1 Å². The zero-order valence-electron chi connectivity index (χ0n) is 14.4. The number of nitrogens with one attached hydrogen (secondary N) is 1. The molecule has 0 bridgehead atoms. The molecule has 0 radical (unpaired) electrons. The molecule has 0 fully saturated rings. The van der Waals surface area contributed by atoms with Gasteiger partial charge < -0.3 is 5.32 Å². The molecule has 6 nitrogen and oxygen atoms in total. The van der Waals surface area contributed by atoms with Gasteiger partial charge in [-0.3, -0.25) is 4.79 Å². The van der Waals surface area contributed by atoms with E-state index in [4.69, 9.17) is 0 Å². The summed E-state index contributed by atoms with van der Waals surface area (Å²) in [5.74, 6) is -0.0669. The zero-order chi connectivity index (χ0) is 19.9. The van der Waals surface area contributed by atoms with E-state index >= 15 is 0 Å². The molecule has 1 N–H and O–H groups in total. The van der Waals surface area contributed by atoms with E-state index in [2.05, 4.69) is 20.4 Å². The van der Waals surface area contributed by atoms with Gasteiger partial charge in [0.05, 0.1) is 11.3 Å². The molecule has 4 aromatic rings. The summed E-state index contributed by atoms with van der Waals surface area (Å²) in [6.07, 6.45) is -1.37. The van der Waals surface area contributed by atoms with Crippen LogP contribution in [-0.2, 0) is 6.18 Å². The van der Waals surface area contributed by atoms with Crippen molar-refractivity contribution < 1.29 is 18.0 Å². The fraction of sp³-hybridized carbons (Fsp3) is 0.111. The SMILES string of the molecule is Cc1cnc(C(=O)Nc2ccnc3cc(-c4cccc(C(F)(F)F)c4)nn23)s1. The number of anilines is 1. The van der Waals surface area contributed by atoms with E-state index in [9.17, 15) is 18.0 Å². The third-order valence-corrected chi connectivity index (χ3v) is 4.81. The number of benzene rings is 1. The second-order valence-electron chi connectivity index (χ2n) is 5.94. The quantitative estimate of drug-likeness (QED) is 0.549. The second kappa shape index (κ2) is 6.71. The minimum atomic E-state index is -4.45. The van der Waals surface area contributed by atoms with E-state index in [1.165, 1.54) is 34.2 Å². The lowest BCUT2D eigenvalue weighted by Crippen LogP contribution is -2.14. The largest absolute Gasteiger partial charge is 0.416 e. The lowest BCUT2D eigenvalue weighted by Gasteiger charge is -2.07. The Morgan fingerprint density at radius 1 is 1.18 bits per heavy atom. The average Bonchev–Trinajstić information content (AvgIpc) is 3.28. The number of aromatic nitrogens is 4. The first-order valence-corrected chi connectivity index (χ1v) is 8.89. The number of aryl methyl sites for hydroxylation is 1. The monoisotopic (exact) mass is 403 g/mol. The average molecular weight is 403 g/mol. The van der Waals surface area contributed by atoms with Crippen LogP contribution in [0, 0.1) is 6.92 Å². The van der Waals surface area contributed by atoms with Crippen LogP contribution >= 0.6 is 11.3 Å². The van der Waals surface area contributed by atoms with E-state index in [1.807, 2.05) is 6.92 Å². The Bertz CT molecular complexity index is 1180. The summed E-state index contributed by atoms with van der Waals surface area (Å²) >= 11 is 1.25. The molecule has 4 rings (SSSR count). The zero-order valence-corrected chi connectivity index (χ0v) is 15.2. The van der Waals surface area contributed by atoms with Crippen molar-refractivity contribution in [1.29, 1.82) is 0 Å². The number of carbonyl (C=O) groups excluding carboxylic acids is 1. The van der Waals surface area contributed by atoms with Crippen LogP contribution in [0.2, 0.25) is 0 Å². The minimum absolute atomic E-state index is 0.299. The molecule has 10 heteroatoms. The number of nitrogens with zero attached hydrogens (tertiary/aromatic N) is 4. The van der Waals surface area contributed by atoms with Gasteiger partial charge in [0.2, 0.25) is 0 Å². The summed E-state index contributed by atoms with van der Waals surface area (Å²) in [6.45, 7) is 1.84. The highest BCUT2D eigenvalue weighted by Crippen LogP contribution is 2.32. The van der Waals surface area contributed by atoms with Crippen LogP contribution in [0.3, 0.4) is 0 Å². The van der Waals surface area contributed by atoms with Gasteiger partial charge in [0.1, 0.15) is 5.82 Å². The van der Waals surface area contributed by atoms with E-state index in [-0.39, 0.29) is 0 Å². The van der Waals surface area contributed by atoms with Crippen LogP contribution in [0.15, 0.2) is 48.8 Å². The molecule has 0 aliphatic heterocycles. The van der Waals surface area contributed by atoms with Gasteiger partial charge >= 0.3 is 6.18 Å². The highest BCUT2D eigenvalue weighted by atomic mass is 32.1. The standard InChI is InChI=1S/C18H12F3N5OS/c1-10-9-23-17(28-10)16(27)24-14-5-6-22-15-8-13(25-26(14)15)11-3-2-4-12(7-11)18(19,20)21/h2-9H,1H3,(H,24,27). The molecular formula is C18H12F3N5OS. The molecular weight excluding hydrogens is 391 g/mol. The molecule has 0 unspecified atom stereocenters. The third kappa shape index (κ3) is 3.46. The second-order valence-corrected chi connectivity index (χ2v) is 7.17. The number of rotatable bonds is 3. The third-order valence-electron chi connectivity index (χ3n) is 3.90. The van der Waals surface area contributed by atoms with Crippen molar-refractivity contribution in [2.75, 3.05) is 5.32 Å². The lowest BCUT2D eigenvalue weighted by molar-refractivity contribution is -0.137. The Morgan fingerprint density at radius 2 is 2.00 bits per heavy atom. The number of hydrogen-bond donors (Lipinski definition) is 1.